The van der Waals surface area contributed by atoms with Crippen molar-refractivity contribution in [1.82, 2.24) is 10.6 Å². The molecular weight excluding hydrogens is 376 g/mol. The maximum atomic E-state index is 12.4. The number of hydrogen-bond acceptors (Lipinski definition) is 6. The summed E-state index contributed by atoms with van der Waals surface area (Å²) in [6.45, 7) is 1.66. The number of imide groups is 1. The van der Waals surface area contributed by atoms with E-state index in [4.69, 9.17) is 13.9 Å². The van der Waals surface area contributed by atoms with Gasteiger partial charge in [-0.15, -0.1) is 0 Å². The molecule has 29 heavy (non-hydrogen) atoms. The molecule has 0 saturated heterocycles. The Bertz CT molecular complexity index is 890. The van der Waals surface area contributed by atoms with Crippen LogP contribution in [0.4, 0.5) is 4.79 Å². The number of furan rings is 1. The van der Waals surface area contributed by atoms with Crippen LogP contribution in [0.3, 0.4) is 0 Å². The lowest BCUT2D eigenvalue weighted by Gasteiger charge is -2.29. The number of esters is 1. The van der Waals surface area contributed by atoms with Crippen LogP contribution >= 0.6 is 0 Å². The molecule has 1 aromatic heterocycles. The van der Waals surface area contributed by atoms with Gasteiger partial charge in [0.05, 0.1) is 6.61 Å². The Hall–Kier alpha value is -2.87. The molecule has 0 aliphatic heterocycles. The Balaban J connectivity index is 1.55. The first-order chi connectivity index (χ1) is 14.0. The van der Waals surface area contributed by atoms with Crippen LogP contribution in [-0.2, 0) is 20.9 Å². The Morgan fingerprint density at radius 2 is 1.93 bits per heavy atom. The van der Waals surface area contributed by atoms with Crippen LogP contribution in [0.15, 0.2) is 28.7 Å². The molecule has 156 valence electrons. The molecule has 1 aromatic carbocycles. The second kappa shape index (κ2) is 9.56. The molecule has 2 aromatic rings. The monoisotopic (exact) mass is 402 g/mol. The summed E-state index contributed by atoms with van der Waals surface area (Å²) < 4.78 is 15.8. The van der Waals surface area contributed by atoms with Crippen molar-refractivity contribution in [2.24, 2.45) is 5.92 Å². The molecule has 1 aliphatic carbocycles. The van der Waals surface area contributed by atoms with Gasteiger partial charge in [-0.1, -0.05) is 38.0 Å². The number of para-hydroxylation sites is 1. The van der Waals surface area contributed by atoms with E-state index in [9.17, 15) is 14.4 Å². The van der Waals surface area contributed by atoms with E-state index in [1.54, 1.807) is 12.1 Å². The number of urea groups is 1. The largest absolute Gasteiger partial charge is 0.450 e. The Morgan fingerprint density at radius 3 is 2.69 bits per heavy atom. The molecule has 1 saturated carbocycles. The van der Waals surface area contributed by atoms with Crippen LogP contribution < -0.4 is 10.6 Å². The number of benzene rings is 1. The number of amides is 3. The van der Waals surface area contributed by atoms with Gasteiger partial charge in [0.25, 0.3) is 5.91 Å². The third-order valence-corrected chi connectivity index (χ3v) is 5.19. The number of methoxy groups -OCH3 is 1. The Morgan fingerprint density at radius 1 is 1.17 bits per heavy atom. The molecule has 3 rings (SSSR count). The molecule has 2 N–H and O–H groups in total. The van der Waals surface area contributed by atoms with E-state index in [1.165, 1.54) is 7.11 Å². The highest BCUT2D eigenvalue weighted by molar-refractivity contribution is 5.99. The SMILES string of the molecule is COCc1c(C(=O)OCC(=O)NC(=O)N[C@@H]2CCCC[C@H]2C)oc2ccccc12. The topological polar surface area (TPSA) is 107 Å². The van der Waals surface area contributed by atoms with Gasteiger partial charge >= 0.3 is 12.0 Å². The Labute approximate surface area is 168 Å². The van der Waals surface area contributed by atoms with Gasteiger partial charge in [0.1, 0.15) is 5.58 Å². The molecule has 1 heterocycles. The smallest absolute Gasteiger partial charge is 0.375 e. The van der Waals surface area contributed by atoms with Crippen LogP contribution in [0.5, 0.6) is 0 Å². The molecule has 0 bridgehead atoms. The first kappa shape index (κ1) is 20.9. The zero-order valence-electron chi connectivity index (χ0n) is 16.7. The fourth-order valence-corrected chi connectivity index (χ4v) is 3.65. The first-order valence-electron chi connectivity index (χ1n) is 9.76. The number of rotatable bonds is 6. The summed E-state index contributed by atoms with van der Waals surface area (Å²) in [5, 5.41) is 5.76. The quantitative estimate of drug-likeness (QED) is 0.719. The van der Waals surface area contributed by atoms with Crippen LogP contribution in [-0.4, -0.2) is 37.7 Å². The van der Waals surface area contributed by atoms with Crippen molar-refractivity contribution in [3.63, 3.8) is 0 Å². The minimum Gasteiger partial charge on any atom is -0.450 e. The van der Waals surface area contributed by atoms with Crippen molar-refractivity contribution >= 4 is 28.9 Å². The standard InChI is InChI=1S/C21H26N2O6/c1-13-7-3-5-9-16(13)22-21(26)23-18(24)12-28-20(25)19-15(11-27-2)14-8-4-6-10-17(14)29-19/h4,6,8,10,13,16H,3,5,7,9,11-12H2,1-2H3,(H2,22,23,24,26)/t13-,16-/m1/s1. The number of nitrogens with one attached hydrogen (secondary N) is 2. The zero-order valence-corrected chi connectivity index (χ0v) is 16.7. The fraction of sp³-hybridized carbons (Fsp3) is 0.476. The van der Waals surface area contributed by atoms with Gasteiger partial charge in [-0.25, -0.2) is 9.59 Å². The van der Waals surface area contributed by atoms with E-state index in [0.717, 1.165) is 31.1 Å². The lowest BCUT2D eigenvalue weighted by atomic mass is 9.86. The minimum absolute atomic E-state index is 0.0127. The summed E-state index contributed by atoms with van der Waals surface area (Å²) in [6.07, 6.45) is 4.16. The van der Waals surface area contributed by atoms with E-state index in [0.29, 0.717) is 17.1 Å². The molecule has 3 amide bonds. The highest BCUT2D eigenvalue weighted by Crippen LogP contribution is 2.27. The van der Waals surface area contributed by atoms with Gasteiger partial charge in [0, 0.05) is 24.1 Å². The Kier molecular flexibility index (Phi) is 6.87. The third kappa shape index (κ3) is 5.14. The molecule has 8 nitrogen and oxygen atoms in total. The predicted molar refractivity (Wildman–Crippen MR) is 105 cm³/mol. The lowest BCUT2D eigenvalue weighted by molar-refractivity contribution is -0.123. The van der Waals surface area contributed by atoms with Crippen molar-refractivity contribution < 1.29 is 28.3 Å². The summed E-state index contributed by atoms with van der Waals surface area (Å²) in [7, 11) is 1.51. The molecule has 0 radical (unpaired) electrons. The normalized spacial score (nSPS) is 19.0. The molecule has 0 spiro atoms. The average Bonchev–Trinajstić information content (AvgIpc) is 3.07. The number of carbonyl (C=O) groups is 3. The molecule has 1 fully saturated rings. The highest BCUT2D eigenvalue weighted by atomic mass is 16.5. The van der Waals surface area contributed by atoms with E-state index >= 15 is 0 Å². The molecule has 2 atom stereocenters. The van der Waals surface area contributed by atoms with Crippen molar-refractivity contribution in [1.29, 1.82) is 0 Å². The van der Waals surface area contributed by atoms with E-state index in [1.807, 2.05) is 12.1 Å². The number of ether oxygens (including phenoxy) is 2. The summed E-state index contributed by atoms with van der Waals surface area (Å²) >= 11 is 0. The van der Waals surface area contributed by atoms with E-state index in [-0.39, 0.29) is 18.4 Å². The summed E-state index contributed by atoms with van der Waals surface area (Å²) in [6, 6.07) is 6.63. The number of fused-ring (bicyclic) bond motifs is 1. The second-order valence-corrected chi connectivity index (χ2v) is 7.30. The minimum atomic E-state index is -0.787. The van der Waals surface area contributed by atoms with Crippen molar-refractivity contribution in [3.8, 4) is 0 Å². The van der Waals surface area contributed by atoms with Crippen LogP contribution in [0.1, 0.15) is 48.7 Å². The highest BCUT2D eigenvalue weighted by Gasteiger charge is 2.25. The maximum absolute atomic E-state index is 12.4. The van der Waals surface area contributed by atoms with Gasteiger partial charge in [-0.05, 0) is 24.8 Å². The van der Waals surface area contributed by atoms with Crippen LogP contribution in [0, 0.1) is 5.92 Å². The lowest BCUT2D eigenvalue weighted by Crippen LogP contribution is -2.48. The van der Waals surface area contributed by atoms with Crippen LogP contribution in [0.2, 0.25) is 0 Å². The van der Waals surface area contributed by atoms with Crippen molar-refractivity contribution in [2.45, 2.75) is 45.3 Å². The second-order valence-electron chi connectivity index (χ2n) is 7.30. The van der Waals surface area contributed by atoms with E-state index < -0.39 is 24.5 Å². The zero-order chi connectivity index (χ0) is 20.8. The van der Waals surface area contributed by atoms with Gasteiger partial charge in [-0.2, -0.15) is 0 Å². The maximum Gasteiger partial charge on any atom is 0.375 e. The summed E-state index contributed by atoms with van der Waals surface area (Å²) in [5.74, 6) is -1.13. The number of carbonyl (C=O) groups excluding carboxylic acids is 3. The molecular formula is C21H26N2O6. The van der Waals surface area contributed by atoms with Gasteiger partial charge < -0.3 is 19.2 Å². The molecule has 8 heteroatoms. The average molecular weight is 402 g/mol. The van der Waals surface area contributed by atoms with Crippen LogP contribution in [0.25, 0.3) is 11.0 Å². The van der Waals surface area contributed by atoms with Crippen molar-refractivity contribution in [3.05, 3.63) is 35.6 Å². The van der Waals surface area contributed by atoms with Gasteiger partial charge in [-0.3, -0.25) is 10.1 Å². The summed E-state index contributed by atoms with van der Waals surface area (Å²) in [4.78, 5) is 36.4. The predicted octanol–water partition coefficient (Wildman–Crippen LogP) is 3.14. The molecule has 1 aliphatic rings. The molecule has 0 unspecified atom stereocenters. The van der Waals surface area contributed by atoms with Gasteiger partial charge in [0.15, 0.2) is 6.61 Å². The summed E-state index contributed by atoms with van der Waals surface area (Å²) in [5.41, 5.74) is 1.08. The number of hydrogen-bond donors (Lipinski definition) is 2. The van der Waals surface area contributed by atoms with E-state index in [2.05, 4.69) is 17.6 Å². The van der Waals surface area contributed by atoms with Gasteiger partial charge in [0.2, 0.25) is 5.76 Å². The van der Waals surface area contributed by atoms with Crippen molar-refractivity contribution in [2.75, 3.05) is 13.7 Å². The third-order valence-electron chi connectivity index (χ3n) is 5.19. The fourth-order valence-electron chi connectivity index (χ4n) is 3.65. The first-order valence-corrected chi connectivity index (χ1v) is 9.76.